The van der Waals surface area contributed by atoms with Crippen LogP contribution in [0.2, 0.25) is 5.02 Å². The summed E-state index contributed by atoms with van der Waals surface area (Å²) < 4.78 is 0. The van der Waals surface area contributed by atoms with E-state index in [1.807, 2.05) is 19.9 Å². The molecule has 140 valence electrons. The summed E-state index contributed by atoms with van der Waals surface area (Å²) in [5.74, 6) is 0.680. The summed E-state index contributed by atoms with van der Waals surface area (Å²) in [5, 5.41) is 31.7. The molecule has 0 spiro atoms. The number of aromatic hydroxyl groups is 1. The second-order valence-electron chi connectivity index (χ2n) is 6.79. The fourth-order valence-electron chi connectivity index (χ4n) is 3.25. The number of aryl methyl sites for hydroxylation is 1. The molecule has 3 N–H and O–H groups in total. The predicted octanol–water partition coefficient (Wildman–Crippen LogP) is 2.46. The van der Waals surface area contributed by atoms with Crippen molar-refractivity contribution in [3.63, 3.8) is 0 Å². The highest BCUT2D eigenvalue weighted by Crippen LogP contribution is 2.30. The molecule has 2 unspecified atom stereocenters. The molecule has 0 aromatic carbocycles. The fraction of sp³-hybridized carbons (Fsp3) is 0.500. The van der Waals surface area contributed by atoms with E-state index in [9.17, 15) is 10.2 Å². The van der Waals surface area contributed by atoms with Gasteiger partial charge in [0.2, 0.25) is 0 Å². The maximum Gasteiger partial charge on any atom is 0.149 e. The maximum atomic E-state index is 10.0. The average Bonchev–Trinajstić information content (AvgIpc) is 2.62. The van der Waals surface area contributed by atoms with Gasteiger partial charge in [0.15, 0.2) is 0 Å². The molecule has 1 fully saturated rings. The molecular formula is C18H24ClN5O2. The number of aromatic nitrogens is 3. The quantitative estimate of drug-likeness (QED) is 0.736. The Morgan fingerprint density at radius 3 is 2.85 bits per heavy atom. The van der Waals surface area contributed by atoms with Crippen LogP contribution in [0.4, 0.5) is 5.82 Å². The van der Waals surface area contributed by atoms with Crippen molar-refractivity contribution in [2.24, 2.45) is 0 Å². The first-order valence-corrected chi connectivity index (χ1v) is 9.16. The molecule has 0 bridgehead atoms. The third-order valence-electron chi connectivity index (χ3n) is 4.74. The number of rotatable bonds is 5. The van der Waals surface area contributed by atoms with Crippen molar-refractivity contribution in [1.29, 1.82) is 0 Å². The minimum Gasteiger partial charge on any atom is -0.506 e. The van der Waals surface area contributed by atoms with Gasteiger partial charge in [-0.25, -0.2) is 4.98 Å². The van der Waals surface area contributed by atoms with E-state index < -0.39 is 0 Å². The number of piperidine rings is 1. The van der Waals surface area contributed by atoms with Crippen LogP contribution in [0.25, 0.3) is 11.4 Å². The number of halogens is 1. The highest BCUT2D eigenvalue weighted by Gasteiger charge is 2.23. The normalized spacial score (nSPS) is 19.3. The van der Waals surface area contributed by atoms with Gasteiger partial charge in [-0.2, -0.15) is 0 Å². The van der Waals surface area contributed by atoms with Gasteiger partial charge in [-0.05, 0) is 44.9 Å². The van der Waals surface area contributed by atoms with Gasteiger partial charge in [0.25, 0.3) is 0 Å². The molecule has 7 nitrogen and oxygen atoms in total. The van der Waals surface area contributed by atoms with E-state index in [0.717, 1.165) is 31.5 Å². The van der Waals surface area contributed by atoms with Crippen LogP contribution >= 0.6 is 11.6 Å². The monoisotopic (exact) mass is 377 g/mol. The highest BCUT2D eigenvalue weighted by atomic mass is 35.5. The van der Waals surface area contributed by atoms with Crippen LogP contribution in [0.15, 0.2) is 18.3 Å². The van der Waals surface area contributed by atoms with E-state index in [1.165, 1.54) is 12.3 Å². The van der Waals surface area contributed by atoms with Gasteiger partial charge in [-0.15, -0.1) is 10.2 Å². The van der Waals surface area contributed by atoms with E-state index in [0.29, 0.717) is 22.2 Å². The minimum absolute atomic E-state index is 0.0171. The van der Waals surface area contributed by atoms with Crippen LogP contribution in [0.5, 0.6) is 5.75 Å². The van der Waals surface area contributed by atoms with Crippen molar-refractivity contribution in [3.8, 4) is 17.1 Å². The Morgan fingerprint density at radius 1 is 1.35 bits per heavy atom. The van der Waals surface area contributed by atoms with Crippen molar-refractivity contribution in [1.82, 2.24) is 20.1 Å². The molecule has 8 heteroatoms. The Morgan fingerprint density at radius 2 is 2.15 bits per heavy atom. The lowest BCUT2D eigenvalue weighted by molar-refractivity contribution is 0.110. The number of aliphatic hydroxyl groups excluding tert-OH is 1. The molecule has 3 rings (SSSR count). The number of anilines is 1. The zero-order valence-electron chi connectivity index (χ0n) is 15.0. The second-order valence-corrected chi connectivity index (χ2v) is 7.23. The first-order valence-electron chi connectivity index (χ1n) is 8.78. The smallest absolute Gasteiger partial charge is 0.149 e. The topological polar surface area (TPSA) is 94.4 Å². The number of nitrogens with zero attached hydrogens (tertiary/aromatic N) is 4. The summed E-state index contributed by atoms with van der Waals surface area (Å²) >= 11 is 5.83. The number of likely N-dealkylation sites (tertiary alicyclic amines) is 1. The molecule has 1 aliphatic heterocycles. The van der Waals surface area contributed by atoms with Gasteiger partial charge in [0.1, 0.15) is 23.0 Å². The van der Waals surface area contributed by atoms with Crippen molar-refractivity contribution in [3.05, 3.63) is 28.9 Å². The zero-order valence-corrected chi connectivity index (χ0v) is 15.7. The molecule has 2 atom stereocenters. The number of aliphatic hydroxyl groups is 1. The molecule has 1 saturated heterocycles. The van der Waals surface area contributed by atoms with Crippen molar-refractivity contribution < 1.29 is 10.2 Å². The van der Waals surface area contributed by atoms with E-state index in [1.54, 1.807) is 0 Å². The van der Waals surface area contributed by atoms with Gasteiger partial charge in [-0.3, -0.25) is 4.90 Å². The third-order valence-corrected chi connectivity index (χ3v) is 4.94. The first-order chi connectivity index (χ1) is 12.5. The standard InChI is InChI=1S/C18H24ClN5O2/c1-11-6-16(21-14-4-3-5-24(9-14)12(2)10-25)22-23-17(11)18-15(26)7-13(19)8-20-18/h6-8,12,14,25-26H,3-5,9-10H2,1-2H3,(H,21,22). The molecule has 0 saturated carbocycles. The SMILES string of the molecule is Cc1cc(NC2CCCN(C(C)CO)C2)nnc1-c1ncc(Cl)cc1O. The van der Waals surface area contributed by atoms with Gasteiger partial charge < -0.3 is 15.5 Å². The number of hydrogen-bond donors (Lipinski definition) is 3. The Hall–Kier alpha value is -1.96. The maximum absolute atomic E-state index is 10.0. The summed E-state index contributed by atoms with van der Waals surface area (Å²) in [4.78, 5) is 6.44. The van der Waals surface area contributed by atoms with E-state index >= 15 is 0 Å². The minimum atomic E-state index is -0.0171. The Bertz CT molecular complexity index is 773. The van der Waals surface area contributed by atoms with Crippen LogP contribution in [-0.2, 0) is 0 Å². The number of hydrogen-bond acceptors (Lipinski definition) is 7. The van der Waals surface area contributed by atoms with E-state index in [-0.39, 0.29) is 24.4 Å². The molecule has 3 heterocycles. The van der Waals surface area contributed by atoms with Crippen molar-refractivity contribution >= 4 is 17.4 Å². The van der Waals surface area contributed by atoms with Crippen LogP contribution in [-0.4, -0.2) is 62.1 Å². The second kappa shape index (κ2) is 8.16. The Labute approximate surface area is 158 Å². The fourth-order valence-corrected chi connectivity index (χ4v) is 3.40. The Kier molecular flexibility index (Phi) is 5.90. The molecule has 0 radical (unpaired) electrons. The number of pyridine rings is 1. The third kappa shape index (κ3) is 4.23. The Balaban J connectivity index is 1.73. The molecule has 0 amide bonds. The number of nitrogens with one attached hydrogen (secondary N) is 1. The zero-order chi connectivity index (χ0) is 18.7. The summed E-state index contributed by atoms with van der Waals surface area (Å²) in [7, 11) is 0. The van der Waals surface area contributed by atoms with Crippen molar-refractivity contribution in [2.75, 3.05) is 25.0 Å². The summed E-state index contributed by atoms with van der Waals surface area (Å²) in [6.45, 7) is 5.98. The molecule has 0 aliphatic carbocycles. The molecule has 26 heavy (non-hydrogen) atoms. The predicted molar refractivity (Wildman–Crippen MR) is 101 cm³/mol. The summed E-state index contributed by atoms with van der Waals surface area (Å²) in [6.07, 6.45) is 3.61. The highest BCUT2D eigenvalue weighted by molar-refractivity contribution is 6.30. The van der Waals surface area contributed by atoms with Gasteiger partial charge >= 0.3 is 0 Å². The lowest BCUT2D eigenvalue weighted by atomic mass is 10.0. The summed E-state index contributed by atoms with van der Waals surface area (Å²) in [5.41, 5.74) is 1.76. The van der Waals surface area contributed by atoms with Gasteiger partial charge in [0, 0.05) is 30.9 Å². The largest absolute Gasteiger partial charge is 0.506 e. The van der Waals surface area contributed by atoms with Crippen LogP contribution in [0.3, 0.4) is 0 Å². The van der Waals surface area contributed by atoms with Gasteiger partial charge in [0.05, 0.1) is 11.6 Å². The van der Waals surface area contributed by atoms with Crippen molar-refractivity contribution in [2.45, 2.75) is 38.8 Å². The average molecular weight is 378 g/mol. The van der Waals surface area contributed by atoms with E-state index in [2.05, 4.69) is 25.4 Å². The lowest BCUT2D eigenvalue weighted by Crippen LogP contribution is -2.47. The van der Waals surface area contributed by atoms with Crippen LogP contribution < -0.4 is 5.32 Å². The first kappa shape index (κ1) is 18.8. The molecule has 2 aromatic rings. The van der Waals surface area contributed by atoms with Crippen LogP contribution in [0.1, 0.15) is 25.3 Å². The summed E-state index contributed by atoms with van der Waals surface area (Å²) in [6, 6.07) is 3.77. The van der Waals surface area contributed by atoms with E-state index in [4.69, 9.17) is 11.6 Å². The molecule has 2 aromatic heterocycles. The van der Waals surface area contributed by atoms with Gasteiger partial charge in [-0.1, -0.05) is 11.6 Å². The van der Waals surface area contributed by atoms with Crippen LogP contribution in [0, 0.1) is 6.92 Å². The lowest BCUT2D eigenvalue weighted by Gasteiger charge is -2.36. The molecule has 1 aliphatic rings. The molecular weight excluding hydrogens is 354 g/mol.